The number of fused-ring (bicyclic) bond motifs is 1. The van der Waals surface area contributed by atoms with Gasteiger partial charge in [0.2, 0.25) is 0 Å². The highest BCUT2D eigenvalue weighted by Gasteiger charge is 2.32. The topological polar surface area (TPSA) is 6.48 Å². The van der Waals surface area contributed by atoms with Gasteiger partial charge in [0.05, 0.1) is 5.54 Å². The second kappa shape index (κ2) is 12.2. The molecule has 0 saturated carbocycles. The molecular weight excluding hydrogens is 544 g/mol. The summed E-state index contributed by atoms with van der Waals surface area (Å²) in [6, 6.07) is 44.8. The van der Waals surface area contributed by atoms with Crippen LogP contribution in [0.5, 0.6) is 0 Å². The molecule has 5 aromatic carbocycles. The van der Waals surface area contributed by atoms with Crippen molar-refractivity contribution in [1.29, 1.82) is 0 Å². The van der Waals surface area contributed by atoms with Crippen molar-refractivity contribution >= 4 is 33.5 Å². The molecule has 0 fully saturated rings. The van der Waals surface area contributed by atoms with Crippen LogP contribution in [0.2, 0.25) is 0 Å². The molecule has 0 spiro atoms. The third kappa shape index (κ3) is 6.29. The lowest BCUT2D eigenvalue weighted by molar-refractivity contribution is 0.473. The number of allylic oxidation sites excluding steroid dienone is 2. The summed E-state index contributed by atoms with van der Waals surface area (Å²) in [6.45, 7) is 16.2. The first-order valence-corrected chi connectivity index (χ1v) is 16.6. The Morgan fingerprint density at radius 2 is 1.09 bits per heavy atom. The van der Waals surface area contributed by atoms with Gasteiger partial charge in [0.15, 0.2) is 0 Å². The summed E-state index contributed by atoms with van der Waals surface area (Å²) >= 11 is 0. The molecule has 2 unspecified atom stereocenters. The highest BCUT2D eigenvalue weighted by atomic mass is 15.2. The number of hydrogen-bond donors (Lipinski definition) is 0. The Labute approximate surface area is 271 Å². The number of benzene rings is 5. The molecule has 45 heavy (non-hydrogen) atoms. The van der Waals surface area contributed by atoms with Crippen LogP contribution in [0.15, 0.2) is 133 Å². The summed E-state index contributed by atoms with van der Waals surface area (Å²) in [7, 11) is 0. The molecule has 2 heteroatoms. The number of anilines is 4. The molecule has 0 radical (unpaired) electrons. The third-order valence-electron chi connectivity index (χ3n) is 9.66. The van der Waals surface area contributed by atoms with Gasteiger partial charge in [-0.15, -0.1) is 0 Å². The number of para-hydroxylation sites is 1. The zero-order valence-corrected chi connectivity index (χ0v) is 28.1. The SMILES string of the molecule is CC1C=C(N(c2ccccc2)c2ccc(N(c3ccc4ccccc4c3)C(C)(C)c3ccc(C(C)(C)C)cc3)cc2)C(C)CC1. The molecule has 0 N–H and O–H groups in total. The van der Waals surface area contributed by atoms with Crippen LogP contribution in [0, 0.1) is 11.8 Å². The largest absolute Gasteiger partial charge is 0.332 e. The standard InChI is InChI=1S/C43H48N2/c1-31-17-18-32(2)41(29-31)44(37-15-9-8-10-16-37)38-25-27-39(28-26-38)45(40-24-19-33-13-11-12-14-34(33)30-40)43(6,7)36-22-20-35(21-23-36)42(3,4)5/h8-16,19-32H,17-18H2,1-7H3. The van der Waals surface area contributed by atoms with E-state index in [2.05, 4.69) is 186 Å². The monoisotopic (exact) mass is 592 g/mol. The lowest BCUT2D eigenvalue weighted by Crippen LogP contribution is -2.38. The molecule has 6 rings (SSSR count). The number of hydrogen-bond acceptors (Lipinski definition) is 2. The molecule has 0 aliphatic heterocycles. The van der Waals surface area contributed by atoms with Gasteiger partial charge in [-0.3, -0.25) is 0 Å². The Hall–Kier alpha value is -4.30. The summed E-state index contributed by atoms with van der Waals surface area (Å²) in [6.07, 6.45) is 4.95. The van der Waals surface area contributed by atoms with Gasteiger partial charge in [0.25, 0.3) is 0 Å². The van der Waals surface area contributed by atoms with Crippen LogP contribution in [0.4, 0.5) is 22.7 Å². The van der Waals surface area contributed by atoms with Gasteiger partial charge in [-0.05, 0) is 114 Å². The normalized spacial score (nSPS) is 17.2. The minimum Gasteiger partial charge on any atom is -0.332 e. The summed E-state index contributed by atoms with van der Waals surface area (Å²) in [5, 5.41) is 2.50. The maximum atomic E-state index is 2.51. The first-order valence-electron chi connectivity index (χ1n) is 16.6. The summed E-state index contributed by atoms with van der Waals surface area (Å²) in [4.78, 5) is 4.98. The summed E-state index contributed by atoms with van der Waals surface area (Å²) in [5.74, 6) is 1.08. The molecule has 2 atom stereocenters. The molecule has 0 aromatic heterocycles. The zero-order chi connectivity index (χ0) is 31.8. The Balaban J connectivity index is 1.46. The van der Waals surface area contributed by atoms with Crippen molar-refractivity contribution in [3.05, 3.63) is 144 Å². The molecule has 1 aliphatic carbocycles. The van der Waals surface area contributed by atoms with Crippen molar-refractivity contribution in [2.75, 3.05) is 9.80 Å². The third-order valence-corrected chi connectivity index (χ3v) is 9.66. The average molecular weight is 593 g/mol. The van der Waals surface area contributed by atoms with Crippen molar-refractivity contribution in [2.24, 2.45) is 11.8 Å². The molecule has 230 valence electrons. The van der Waals surface area contributed by atoms with Crippen molar-refractivity contribution in [1.82, 2.24) is 0 Å². The molecule has 0 heterocycles. The predicted molar refractivity (Wildman–Crippen MR) is 195 cm³/mol. The molecule has 5 aromatic rings. The van der Waals surface area contributed by atoms with E-state index in [0.29, 0.717) is 11.8 Å². The highest BCUT2D eigenvalue weighted by Crippen LogP contribution is 2.43. The Bertz CT molecular complexity index is 1770. The maximum absolute atomic E-state index is 2.51. The van der Waals surface area contributed by atoms with E-state index < -0.39 is 0 Å². The van der Waals surface area contributed by atoms with E-state index in [9.17, 15) is 0 Å². The van der Waals surface area contributed by atoms with Gasteiger partial charge >= 0.3 is 0 Å². The van der Waals surface area contributed by atoms with E-state index in [0.717, 1.165) is 0 Å². The Morgan fingerprint density at radius 1 is 0.533 bits per heavy atom. The van der Waals surface area contributed by atoms with Crippen molar-refractivity contribution in [3.8, 4) is 0 Å². The van der Waals surface area contributed by atoms with E-state index in [1.54, 1.807) is 0 Å². The van der Waals surface area contributed by atoms with Gasteiger partial charge < -0.3 is 9.80 Å². The van der Waals surface area contributed by atoms with Crippen LogP contribution in [0.1, 0.15) is 72.4 Å². The second-order valence-corrected chi connectivity index (χ2v) is 14.5. The van der Waals surface area contributed by atoms with Crippen LogP contribution in [-0.4, -0.2) is 0 Å². The Kier molecular flexibility index (Phi) is 8.35. The molecule has 1 aliphatic rings. The van der Waals surface area contributed by atoms with Crippen LogP contribution >= 0.6 is 0 Å². The molecule has 0 bridgehead atoms. The fourth-order valence-corrected chi connectivity index (χ4v) is 6.89. The van der Waals surface area contributed by atoms with E-state index in [4.69, 9.17) is 0 Å². The molecule has 0 amide bonds. The number of nitrogens with zero attached hydrogens (tertiary/aromatic N) is 2. The fourth-order valence-electron chi connectivity index (χ4n) is 6.89. The van der Waals surface area contributed by atoms with Gasteiger partial charge in [0, 0.05) is 28.4 Å². The van der Waals surface area contributed by atoms with Crippen molar-refractivity contribution in [2.45, 2.75) is 72.3 Å². The predicted octanol–water partition coefficient (Wildman–Crippen LogP) is 12.3. The lowest BCUT2D eigenvalue weighted by Gasteiger charge is -2.42. The maximum Gasteiger partial charge on any atom is 0.0646 e. The van der Waals surface area contributed by atoms with E-state index in [1.807, 2.05) is 0 Å². The summed E-state index contributed by atoms with van der Waals surface area (Å²) < 4.78 is 0. The minimum absolute atomic E-state index is 0.115. The highest BCUT2D eigenvalue weighted by molar-refractivity contribution is 5.87. The van der Waals surface area contributed by atoms with Crippen LogP contribution in [-0.2, 0) is 11.0 Å². The van der Waals surface area contributed by atoms with Crippen LogP contribution in [0.25, 0.3) is 10.8 Å². The first kappa shape index (κ1) is 30.7. The van der Waals surface area contributed by atoms with Crippen LogP contribution in [0.3, 0.4) is 0 Å². The van der Waals surface area contributed by atoms with E-state index in [-0.39, 0.29) is 11.0 Å². The molecule has 2 nitrogen and oxygen atoms in total. The van der Waals surface area contributed by atoms with Crippen molar-refractivity contribution < 1.29 is 0 Å². The number of rotatable bonds is 7. The fraction of sp³-hybridized carbons (Fsp3) is 0.302. The van der Waals surface area contributed by atoms with Gasteiger partial charge in [0.1, 0.15) is 0 Å². The summed E-state index contributed by atoms with van der Waals surface area (Å²) in [5.41, 5.74) is 8.61. The quantitative estimate of drug-likeness (QED) is 0.185. The smallest absolute Gasteiger partial charge is 0.0646 e. The van der Waals surface area contributed by atoms with Gasteiger partial charge in [-0.25, -0.2) is 0 Å². The minimum atomic E-state index is -0.310. The van der Waals surface area contributed by atoms with Gasteiger partial charge in [-0.2, -0.15) is 0 Å². The molecule has 0 saturated heterocycles. The lowest BCUT2D eigenvalue weighted by atomic mass is 9.84. The zero-order valence-electron chi connectivity index (χ0n) is 28.1. The molecular formula is C43H48N2. The van der Waals surface area contributed by atoms with Crippen LogP contribution < -0.4 is 9.80 Å². The second-order valence-electron chi connectivity index (χ2n) is 14.5. The van der Waals surface area contributed by atoms with Gasteiger partial charge in [-0.1, -0.05) is 113 Å². The average Bonchev–Trinajstić information content (AvgIpc) is 3.04. The van der Waals surface area contributed by atoms with E-state index >= 15 is 0 Å². The first-order chi connectivity index (χ1) is 21.5. The van der Waals surface area contributed by atoms with E-state index in [1.165, 1.54) is 63.2 Å². The van der Waals surface area contributed by atoms with Crippen molar-refractivity contribution in [3.63, 3.8) is 0 Å². The Morgan fingerprint density at radius 3 is 1.76 bits per heavy atom.